The lowest BCUT2D eigenvalue weighted by Crippen LogP contribution is -2.55. The van der Waals surface area contributed by atoms with Gasteiger partial charge in [0.1, 0.15) is 50.4 Å². The van der Waals surface area contributed by atoms with Gasteiger partial charge in [0.25, 0.3) is 0 Å². The Morgan fingerprint density at radius 1 is 0.452 bits per heavy atom. The number of rotatable bonds is 4. The van der Waals surface area contributed by atoms with Crippen LogP contribution in [0, 0.1) is 0 Å². The summed E-state index contributed by atoms with van der Waals surface area (Å²) >= 11 is 0. The van der Waals surface area contributed by atoms with E-state index in [9.17, 15) is 0 Å². The van der Waals surface area contributed by atoms with Crippen LogP contribution in [0.4, 0.5) is 0 Å². The molecular formula is C33H26B5N3O. The molecule has 0 spiro atoms. The molecule has 5 aromatic carbocycles. The molecule has 0 aliphatic heterocycles. The maximum Gasteiger partial charge on any atom is 0.164 e. The Morgan fingerprint density at radius 2 is 0.976 bits per heavy atom. The largest absolute Gasteiger partial charge is 0.455 e. The molecule has 0 fully saturated rings. The Kier molecular flexibility index (Phi) is 6.39. The summed E-state index contributed by atoms with van der Waals surface area (Å²) in [4.78, 5) is 14.7. The van der Waals surface area contributed by atoms with Gasteiger partial charge in [-0.15, -0.1) is 16.4 Å². The van der Waals surface area contributed by atoms with Gasteiger partial charge < -0.3 is 4.42 Å². The molecule has 0 radical (unpaired) electrons. The summed E-state index contributed by atoms with van der Waals surface area (Å²) in [5, 5.41) is 2.13. The number of fused-ring (bicyclic) bond motifs is 3. The first-order chi connectivity index (χ1) is 20.4. The van der Waals surface area contributed by atoms with E-state index < -0.39 is 0 Å². The average Bonchev–Trinajstić information content (AvgIpc) is 3.42. The molecule has 0 bridgehead atoms. The zero-order valence-electron chi connectivity index (χ0n) is 24.5. The molecule has 7 aromatic rings. The highest BCUT2D eigenvalue weighted by Crippen LogP contribution is 2.36. The minimum atomic E-state index is 0.631. The minimum absolute atomic E-state index is 0.631. The maximum atomic E-state index is 6.58. The summed E-state index contributed by atoms with van der Waals surface area (Å²) in [5.41, 5.74) is 13.6. The molecule has 42 heavy (non-hydrogen) atoms. The van der Waals surface area contributed by atoms with Crippen molar-refractivity contribution >= 4 is 88.5 Å². The van der Waals surface area contributed by atoms with E-state index in [0.29, 0.717) is 17.5 Å². The maximum absolute atomic E-state index is 6.58. The van der Waals surface area contributed by atoms with Crippen LogP contribution in [0.15, 0.2) is 101 Å². The van der Waals surface area contributed by atoms with Gasteiger partial charge in [-0.2, -0.15) is 0 Å². The van der Waals surface area contributed by atoms with Crippen molar-refractivity contribution in [1.82, 2.24) is 15.0 Å². The van der Waals surface area contributed by atoms with Gasteiger partial charge in [0.2, 0.25) is 0 Å². The van der Waals surface area contributed by atoms with Crippen molar-refractivity contribution in [2.24, 2.45) is 0 Å². The number of benzene rings is 5. The van der Waals surface area contributed by atoms with Gasteiger partial charge in [0.05, 0.1) is 0 Å². The molecule has 0 unspecified atom stereocenters. The molecule has 0 aliphatic carbocycles. The third-order valence-electron chi connectivity index (χ3n) is 8.72. The predicted molar refractivity (Wildman–Crippen MR) is 190 cm³/mol. The number of hydrogen-bond acceptors (Lipinski definition) is 4. The van der Waals surface area contributed by atoms with Crippen LogP contribution in [0.3, 0.4) is 0 Å². The number of hydrogen-bond donors (Lipinski definition) is 0. The summed E-state index contributed by atoms with van der Waals surface area (Å²) in [5.74, 6) is 1.93. The van der Waals surface area contributed by atoms with Crippen LogP contribution in [0.1, 0.15) is 0 Å². The van der Waals surface area contributed by atoms with Crippen LogP contribution < -0.4 is 27.3 Å². The highest BCUT2D eigenvalue weighted by Gasteiger charge is 2.19. The first kappa shape index (κ1) is 26.2. The lowest BCUT2D eigenvalue weighted by molar-refractivity contribution is 0.670. The van der Waals surface area contributed by atoms with Gasteiger partial charge in [0.15, 0.2) is 17.5 Å². The number of para-hydroxylation sites is 1. The highest BCUT2D eigenvalue weighted by molar-refractivity contribution is 6.68. The molecule has 194 valence electrons. The van der Waals surface area contributed by atoms with E-state index in [1.54, 1.807) is 0 Å². The Hall–Kier alpha value is -4.77. The van der Waals surface area contributed by atoms with Gasteiger partial charge in [-0.1, -0.05) is 89.8 Å². The Bertz CT molecular complexity index is 2060. The second kappa shape index (κ2) is 10.3. The molecule has 2 aromatic heterocycles. The van der Waals surface area contributed by atoms with Crippen LogP contribution in [0.5, 0.6) is 0 Å². The molecule has 0 atom stereocenters. The molecule has 0 saturated heterocycles. The van der Waals surface area contributed by atoms with Crippen molar-refractivity contribution in [1.29, 1.82) is 0 Å². The third kappa shape index (κ3) is 4.28. The fraction of sp³-hybridized carbons (Fsp3) is 0. The fourth-order valence-electron chi connectivity index (χ4n) is 5.98. The molecule has 0 N–H and O–H groups in total. The van der Waals surface area contributed by atoms with Gasteiger partial charge >= 0.3 is 0 Å². The van der Waals surface area contributed by atoms with E-state index in [1.807, 2.05) is 72.8 Å². The molecule has 2 heterocycles. The minimum Gasteiger partial charge on any atom is -0.455 e. The summed E-state index contributed by atoms with van der Waals surface area (Å²) in [6, 6.07) is 32.8. The van der Waals surface area contributed by atoms with Crippen LogP contribution in [0.25, 0.3) is 67.2 Å². The topological polar surface area (TPSA) is 51.8 Å². The first-order valence-corrected chi connectivity index (χ1v) is 14.3. The van der Waals surface area contributed by atoms with E-state index in [4.69, 9.17) is 19.4 Å². The molecule has 9 heteroatoms. The van der Waals surface area contributed by atoms with E-state index >= 15 is 0 Å². The third-order valence-corrected chi connectivity index (χ3v) is 8.72. The Balaban J connectivity index is 1.43. The van der Waals surface area contributed by atoms with Crippen LogP contribution in [0.2, 0.25) is 0 Å². The van der Waals surface area contributed by atoms with E-state index in [2.05, 4.69) is 63.5 Å². The van der Waals surface area contributed by atoms with Crippen molar-refractivity contribution in [2.45, 2.75) is 0 Å². The highest BCUT2D eigenvalue weighted by atomic mass is 16.3. The quantitative estimate of drug-likeness (QED) is 0.292. The summed E-state index contributed by atoms with van der Waals surface area (Å²) in [7, 11) is 11.1. The lowest BCUT2D eigenvalue weighted by Gasteiger charge is -2.20. The lowest BCUT2D eigenvalue weighted by atomic mass is 9.59. The molecular weight excluding hydrogens is 508 g/mol. The fourth-order valence-corrected chi connectivity index (χ4v) is 5.98. The summed E-state index contributed by atoms with van der Waals surface area (Å²) < 4.78 is 6.58. The van der Waals surface area contributed by atoms with E-state index in [0.717, 1.165) is 44.2 Å². The molecule has 4 nitrogen and oxygen atoms in total. The number of furan rings is 1. The summed E-state index contributed by atoms with van der Waals surface area (Å²) in [6.45, 7) is 0. The molecule has 7 rings (SSSR count). The number of nitrogens with zero attached hydrogens (tertiary/aromatic N) is 3. The van der Waals surface area contributed by atoms with Gasteiger partial charge in [0, 0.05) is 33.0 Å². The Morgan fingerprint density at radius 3 is 1.55 bits per heavy atom. The zero-order valence-corrected chi connectivity index (χ0v) is 24.5. The van der Waals surface area contributed by atoms with E-state index in [1.165, 1.54) is 32.9 Å². The summed E-state index contributed by atoms with van der Waals surface area (Å²) in [6.07, 6.45) is 0. The first-order valence-electron chi connectivity index (χ1n) is 14.3. The predicted octanol–water partition coefficient (Wildman–Crippen LogP) is -0.269. The van der Waals surface area contributed by atoms with E-state index in [-0.39, 0.29) is 0 Å². The Labute approximate surface area is 249 Å². The van der Waals surface area contributed by atoms with Crippen molar-refractivity contribution in [3.05, 3.63) is 97.1 Å². The van der Waals surface area contributed by atoms with Crippen LogP contribution in [-0.2, 0) is 0 Å². The monoisotopic (exact) mass is 535 g/mol. The van der Waals surface area contributed by atoms with Crippen LogP contribution >= 0.6 is 0 Å². The zero-order chi connectivity index (χ0) is 29.0. The molecule has 0 saturated carbocycles. The van der Waals surface area contributed by atoms with Crippen molar-refractivity contribution in [3.8, 4) is 45.3 Å². The average molecular weight is 535 g/mol. The SMILES string of the molecule is Bc1c(B)c(B)c(-c2cccc3c2oc2ccc(-c4nc(-c5ccccc5)nc(-c5ccccc5)n4)cc23)c(B)c1B. The molecule has 0 aliphatic rings. The standard InChI is InChI=1S/C33H26B5N3O/c34-25-24(26(35)28(37)29(38)27(25)36)21-13-7-12-20-22-16-19(14-15-23(22)42-30(20)21)33-40-31(17-8-3-1-4-9-17)39-32(41-33)18-10-5-2-6-11-18/h1-16H,34-38H2. The number of aromatic nitrogens is 3. The normalized spacial score (nSPS) is 11.3. The second-order valence-electron chi connectivity index (χ2n) is 11.0. The second-order valence-corrected chi connectivity index (χ2v) is 11.0. The van der Waals surface area contributed by atoms with Crippen LogP contribution in [-0.4, -0.2) is 54.2 Å². The van der Waals surface area contributed by atoms with Crippen molar-refractivity contribution < 1.29 is 4.42 Å². The molecule has 0 amide bonds. The van der Waals surface area contributed by atoms with Gasteiger partial charge in [-0.05, 0) is 23.8 Å². The smallest absolute Gasteiger partial charge is 0.164 e. The van der Waals surface area contributed by atoms with Crippen molar-refractivity contribution in [2.75, 3.05) is 0 Å². The van der Waals surface area contributed by atoms with Gasteiger partial charge in [-0.3, -0.25) is 0 Å². The van der Waals surface area contributed by atoms with Gasteiger partial charge in [-0.25, -0.2) is 15.0 Å². The van der Waals surface area contributed by atoms with Crippen molar-refractivity contribution in [3.63, 3.8) is 0 Å².